The van der Waals surface area contributed by atoms with Gasteiger partial charge in [-0.15, -0.1) is 0 Å². The van der Waals surface area contributed by atoms with Crippen LogP contribution < -0.4 is 4.72 Å². The SMILES string of the molecule is CCCCOCCCNS(=O)(=O)c1ccc(C(C)(C)C)cc1. The van der Waals surface area contributed by atoms with E-state index in [-0.39, 0.29) is 5.41 Å². The fourth-order valence-corrected chi connectivity index (χ4v) is 3.02. The zero-order valence-electron chi connectivity index (χ0n) is 14.2. The summed E-state index contributed by atoms with van der Waals surface area (Å²) in [4.78, 5) is 0.312. The number of sulfonamides is 1. The molecular formula is C17H29NO3S. The van der Waals surface area contributed by atoms with Gasteiger partial charge in [0.2, 0.25) is 10.0 Å². The lowest BCUT2D eigenvalue weighted by molar-refractivity contribution is 0.130. The van der Waals surface area contributed by atoms with Crippen molar-refractivity contribution in [2.75, 3.05) is 19.8 Å². The second kappa shape index (κ2) is 8.65. The first-order valence-electron chi connectivity index (χ1n) is 7.95. The highest BCUT2D eigenvalue weighted by Crippen LogP contribution is 2.23. The molecule has 22 heavy (non-hydrogen) atoms. The molecule has 0 radical (unpaired) electrons. The Bertz CT molecular complexity index is 530. The molecule has 0 bridgehead atoms. The first-order valence-corrected chi connectivity index (χ1v) is 9.43. The highest BCUT2D eigenvalue weighted by atomic mass is 32.2. The Labute approximate surface area is 135 Å². The second-order valence-electron chi connectivity index (χ2n) is 6.49. The third-order valence-electron chi connectivity index (χ3n) is 3.43. The van der Waals surface area contributed by atoms with E-state index in [1.54, 1.807) is 12.1 Å². The van der Waals surface area contributed by atoms with Gasteiger partial charge < -0.3 is 4.74 Å². The molecule has 1 rings (SSSR count). The summed E-state index contributed by atoms with van der Waals surface area (Å²) in [5.74, 6) is 0. The van der Waals surface area contributed by atoms with E-state index in [0.29, 0.717) is 24.5 Å². The number of benzene rings is 1. The molecule has 0 spiro atoms. The molecule has 0 heterocycles. The lowest BCUT2D eigenvalue weighted by Gasteiger charge is -2.19. The van der Waals surface area contributed by atoms with Gasteiger partial charge >= 0.3 is 0 Å². The predicted molar refractivity (Wildman–Crippen MR) is 90.7 cm³/mol. The van der Waals surface area contributed by atoms with Crippen LogP contribution >= 0.6 is 0 Å². The van der Waals surface area contributed by atoms with Crippen LogP contribution in [0.3, 0.4) is 0 Å². The summed E-state index contributed by atoms with van der Waals surface area (Å²) in [6.45, 7) is 10.2. The van der Waals surface area contributed by atoms with Gasteiger partial charge in [0.1, 0.15) is 0 Å². The Balaban J connectivity index is 2.46. The first-order chi connectivity index (χ1) is 10.3. The van der Waals surface area contributed by atoms with Crippen LogP contribution in [0.15, 0.2) is 29.2 Å². The maximum Gasteiger partial charge on any atom is 0.240 e. The van der Waals surface area contributed by atoms with Crippen molar-refractivity contribution in [2.45, 2.75) is 57.3 Å². The molecule has 5 heteroatoms. The van der Waals surface area contributed by atoms with Gasteiger partial charge in [0, 0.05) is 19.8 Å². The number of ether oxygens (including phenoxy) is 1. The molecule has 0 aliphatic rings. The maximum atomic E-state index is 12.2. The van der Waals surface area contributed by atoms with Crippen molar-refractivity contribution in [3.8, 4) is 0 Å². The molecule has 0 amide bonds. The van der Waals surface area contributed by atoms with Crippen molar-refractivity contribution in [1.29, 1.82) is 0 Å². The van der Waals surface area contributed by atoms with Crippen molar-refractivity contribution in [3.05, 3.63) is 29.8 Å². The van der Waals surface area contributed by atoms with Gasteiger partial charge in [-0.25, -0.2) is 13.1 Å². The van der Waals surface area contributed by atoms with E-state index in [0.717, 1.165) is 25.0 Å². The molecule has 0 fully saturated rings. The van der Waals surface area contributed by atoms with E-state index < -0.39 is 10.0 Å². The van der Waals surface area contributed by atoms with Crippen molar-refractivity contribution in [1.82, 2.24) is 4.72 Å². The molecule has 0 unspecified atom stereocenters. The summed E-state index contributed by atoms with van der Waals surface area (Å²) in [7, 11) is -3.43. The largest absolute Gasteiger partial charge is 0.381 e. The number of rotatable bonds is 9. The lowest BCUT2D eigenvalue weighted by Crippen LogP contribution is -2.25. The molecule has 0 saturated heterocycles. The zero-order valence-corrected chi connectivity index (χ0v) is 15.0. The highest BCUT2D eigenvalue weighted by molar-refractivity contribution is 7.89. The Hall–Kier alpha value is -0.910. The lowest BCUT2D eigenvalue weighted by atomic mass is 9.87. The van der Waals surface area contributed by atoms with Crippen molar-refractivity contribution < 1.29 is 13.2 Å². The van der Waals surface area contributed by atoms with E-state index in [1.807, 2.05) is 12.1 Å². The summed E-state index contributed by atoms with van der Waals surface area (Å²) in [6.07, 6.45) is 2.84. The van der Waals surface area contributed by atoms with Crippen LogP contribution in [0, 0.1) is 0 Å². The van der Waals surface area contributed by atoms with Crippen molar-refractivity contribution in [2.24, 2.45) is 0 Å². The minimum atomic E-state index is -3.43. The molecule has 1 aromatic rings. The van der Waals surface area contributed by atoms with Crippen LogP contribution in [0.1, 0.15) is 52.5 Å². The quantitative estimate of drug-likeness (QED) is 0.707. The van der Waals surface area contributed by atoms with Gasteiger partial charge in [-0.05, 0) is 36.0 Å². The standard InChI is InChI=1S/C17H29NO3S/c1-5-6-13-21-14-7-12-18-22(19,20)16-10-8-15(9-11-16)17(2,3)4/h8-11,18H,5-7,12-14H2,1-4H3. The van der Waals surface area contributed by atoms with E-state index in [4.69, 9.17) is 4.74 Å². The molecule has 0 aliphatic heterocycles. The smallest absolute Gasteiger partial charge is 0.240 e. The third kappa shape index (κ3) is 6.46. The average Bonchev–Trinajstić information content (AvgIpc) is 2.45. The number of nitrogens with one attached hydrogen (secondary N) is 1. The monoisotopic (exact) mass is 327 g/mol. The summed E-state index contributed by atoms with van der Waals surface area (Å²) in [6, 6.07) is 7.09. The predicted octanol–water partition coefficient (Wildman–Crippen LogP) is 3.47. The third-order valence-corrected chi connectivity index (χ3v) is 4.91. The van der Waals surface area contributed by atoms with Crippen LogP contribution in [-0.4, -0.2) is 28.2 Å². The summed E-state index contributed by atoms with van der Waals surface area (Å²) >= 11 is 0. The number of hydrogen-bond donors (Lipinski definition) is 1. The maximum absolute atomic E-state index is 12.2. The highest BCUT2D eigenvalue weighted by Gasteiger charge is 2.17. The van der Waals surface area contributed by atoms with Gasteiger partial charge in [0.05, 0.1) is 4.90 Å². The van der Waals surface area contributed by atoms with Gasteiger partial charge in [-0.2, -0.15) is 0 Å². The molecule has 1 aromatic carbocycles. The minimum Gasteiger partial charge on any atom is -0.381 e. The van der Waals surface area contributed by atoms with Crippen LogP contribution in [0.5, 0.6) is 0 Å². The van der Waals surface area contributed by atoms with E-state index in [9.17, 15) is 8.42 Å². The molecule has 0 aliphatic carbocycles. The molecule has 0 saturated carbocycles. The van der Waals surface area contributed by atoms with Gasteiger partial charge in [-0.3, -0.25) is 0 Å². The van der Waals surface area contributed by atoms with Crippen LogP contribution in [-0.2, 0) is 20.2 Å². The van der Waals surface area contributed by atoms with Gasteiger partial charge in [-0.1, -0.05) is 46.2 Å². The Morgan fingerprint density at radius 3 is 2.18 bits per heavy atom. The summed E-state index contributed by atoms with van der Waals surface area (Å²) in [5.41, 5.74) is 1.14. The molecule has 0 atom stereocenters. The second-order valence-corrected chi connectivity index (χ2v) is 8.26. The molecule has 4 nitrogen and oxygen atoms in total. The Morgan fingerprint density at radius 2 is 1.64 bits per heavy atom. The Morgan fingerprint density at radius 1 is 1.05 bits per heavy atom. The average molecular weight is 327 g/mol. The van der Waals surface area contributed by atoms with E-state index in [2.05, 4.69) is 32.4 Å². The summed E-state index contributed by atoms with van der Waals surface area (Å²) in [5, 5.41) is 0. The minimum absolute atomic E-state index is 0.0194. The number of unbranched alkanes of at least 4 members (excludes halogenated alkanes) is 1. The topological polar surface area (TPSA) is 55.4 Å². The van der Waals surface area contributed by atoms with Gasteiger partial charge in [0.15, 0.2) is 0 Å². The van der Waals surface area contributed by atoms with E-state index in [1.165, 1.54) is 0 Å². The zero-order chi connectivity index (χ0) is 16.6. The molecule has 0 aromatic heterocycles. The summed E-state index contributed by atoms with van der Waals surface area (Å²) < 4.78 is 32.4. The van der Waals surface area contributed by atoms with E-state index >= 15 is 0 Å². The number of hydrogen-bond acceptors (Lipinski definition) is 3. The molecular weight excluding hydrogens is 298 g/mol. The van der Waals surface area contributed by atoms with Crippen molar-refractivity contribution in [3.63, 3.8) is 0 Å². The fraction of sp³-hybridized carbons (Fsp3) is 0.647. The first kappa shape index (κ1) is 19.1. The van der Waals surface area contributed by atoms with Crippen molar-refractivity contribution >= 4 is 10.0 Å². The normalized spacial score (nSPS) is 12.5. The van der Waals surface area contributed by atoms with Crippen LogP contribution in [0.4, 0.5) is 0 Å². The van der Waals surface area contributed by atoms with Gasteiger partial charge in [0.25, 0.3) is 0 Å². The fourth-order valence-electron chi connectivity index (χ4n) is 1.95. The Kier molecular flexibility index (Phi) is 7.53. The van der Waals surface area contributed by atoms with Crippen LogP contribution in [0.25, 0.3) is 0 Å². The molecule has 1 N–H and O–H groups in total. The van der Waals surface area contributed by atoms with Crippen LogP contribution in [0.2, 0.25) is 0 Å². The molecule has 126 valence electrons.